The highest BCUT2D eigenvalue weighted by Crippen LogP contribution is 2.28. The third-order valence-corrected chi connectivity index (χ3v) is 8.76. The molecule has 2 amide bonds. The van der Waals surface area contributed by atoms with E-state index in [0.717, 1.165) is 0 Å². The van der Waals surface area contributed by atoms with Gasteiger partial charge in [0.25, 0.3) is 16.6 Å². The van der Waals surface area contributed by atoms with E-state index in [-0.39, 0.29) is 63.3 Å². The molecule has 3 saturated heterocycles. The Bertz CT molecular complexity index is 1100. The Labute approximate surface area is 209 Å². The molecule has 1 aromatic rings. The monoisotopic (exact) mass is 525 g/mol. The van der Waals surface area contributed by atoms with Crippen LogP contribution < -0.4 is 5.32 Å². The Morgan fingerprint density at radius 2 is 1.86 bits per heavy atom. The van der Waals surface area contributed by atoms with Gasteiger partial charge in [0, 0.05) is 44.8 Å². The molecule has 1 N–H and O–H groups in total. The summed E-state index contributed by atoms with van der Waals surface area (Å²) in [4.78, 5) is 27.8. The Balaban J connectivity index is 1.37. The lowest BCUT2D eigenvalue weighted by atomic mass is 9.97. The van der Waals surface area contributed by atoms with E-state index in [0.29, 0.717) is 24.9 Å². The number of nitriles is 1. The molecule has 0 aliphatic carbocycles. The maximum Gasteiger partial charge on any atom is 0.282 e. The number of nitrogens with one attached hydrogen (secondary N) is 1. The van der Waals surface area contributed by atoms with E-state index in [1.807, 2.05) is 0 Å². The Morgan fingerprint density at radius 1 is 1.14 bits per heavy atom. The van der Waals surface area contributed by atoms with Gasteiger partial charge in [0.15, 0.2) is 0 Å². The van der Waals surface area contributed by atoms with E-state index < -0.39 is 34.5 Å². The summed E-state index contributed by atoms with van der Waals surface area (Å²) in [5, 5.41) is 11.7. The fraction of sp³-hybridized carbons (Fsp3) is 0.609. The lowest BCUT2D eigenvalue weighted by Gasteiger charge is -2.42. The average Bonchev–Trinajstić information content (AvgIpc) is 2.86. The molecule has 3 aliphatic rings. The smallest absolute Gasteiger partial charge is 0.282 e. The molecule has 2 atom stereocenters. The number of halogens is 2. The predicted octanol–water partition coefficient (Wildman–Crippen LogP) is 0.880. The van der Waals surface area contributed by atoms with Gasteiger partial charge >= 0.3 is 0 Å². The fourth-order valence-corrected chi connectivity index (χ4v) is 6.42. The van der Waals surface area contributed by atoms with Crippen molar-refractivity contribution >= 4 is 22.0 Å². The molecule has 0 unspecified atom stereocenters. The van der Waals surface area contributed by atoms with Crippen molar-refractivity contribution in [2.75, 3.05) is 45.9 Å². The fourth-order valence-electron chi connectivity index (χ4n) is 4.63. The van der Waals surface area contributed by atoms with Crippen LogP contribution in [0.3, 0.4) is 0 Å². The van der Waals surface area contributed by atoms with Crippen molar-refractivity contribution in [1.29, 1.82) is 5.26 Å². The van der Waals surface area contributed by atoms with Gasteiger partial charge in [0.2, 0.25) is 11.8 Å². The van der Waals surface area contributed by atoms with Crippen molar-refractivity contribution in [3.8, 4) is 6.07 Å². The van der Waals surface area contributed by atoms with Crippen LogP contribution >= 0.6 is 0 Å². The van der Waals surface area contributed by atoms with Crippen LogP contribution in [0, 0.1) is 23.2 Å². The van der Waals surface area contributed by atoms with E-state index in [9.17, 15) is 26.8 Å². The molecule has 0 radical (unpaired) electrons. The summed E-state index contributed by atoms with van der Waals surface area (Å²) in [6, 6.07) is 6.81. The summed E-state index contributed by atoms with van der Waals surface area (Å²) >= 11 is 0. The van der Waals surface area contributed by atoms with Crippen LogP contribution in [-0.2, 0) is 31.1 Å². The lowest BCUT2D eigenvalue weighted by Crippen LogP contribution is -2.60. The van der Waals surface area contributed by atoms with Crippen LogP contribution in [0.4, 0.5) is 8.78 Å². The number of benzene rings is 1. The first kappa shape index (κ1) is 26.4. The third kappa shape index (κ3) is 5.67. The molecule has 36 heavy (non-hydrogen) atoms. The number of hydrogen-bond acceptors (Lipinski definition) is 6. The molecule has 4 rings (SSSR count). The van der Waals surface area contributed by atoms with Crippen LogP contribution in [0.5, 0.6) is 0 Å². The zero-order valence-electron chi connectivity index (χ0n) is 19.7. The zero-order valence-corrected chi connectivity index (χ0v) is 20.5. The first-order valence-corrected chi connectivity index (χ1v) is 13.3. The van der Waals surface area contributed by atoms with Crippen molar-refractivity contribution in [2.24, 2.45) is 11.8 Å². The summed E-state index contributed by atoms with van der Waals surface area (Å²) < 4.78 is 59.3. The summed E-state index contributed by atoms with van der Waals surface area (Å²) in [7, 11) is -3.75. The largest absolute Gasteiger partial charge is 0.377 e. The highest BCUT2D eigenvalue weighted by atomic mass is 32.2. The molecule has 3 fully saturated rings. The standard InChI is InChI=1S/C23H29F2N5O5S/c24-21(25)18-5-3-16(4-6-18)11-27-22(31)20-15-35-9-8-30(20)23(32)19-2-1-7-28(14-19)36(33,34)29-12-17(10-26)13-29/h3-6,17,19-21H,1-2,7-9,11-15H2,(H,27,31)/t19-,20+/m0/s1. The quantitative estimate of drug-likeness (QED) is 0.564. The van der Waals surface area contributed by atoms with Crippen molar-refractivity contribution in [3.05, 3.63) is 35.4 Å². The number of hydrogen-bond donors (Lipinski definition) is 1. The maximum absolute atomic E-state index is 13.4. The average molecular weight is 526 g/mol. The van der Waals surface area contributed by atoms with E-state index >= 15 is 0 Å². The number of amides is 2. The molecule has 1 aromatic carbocycles. The van der Waals surface area contributed by atoms with Crippen LogP contribution in [0.15, 0.2) is 24.3 Å². The first-order valence-electron chi connectivity index (χ1n) is 11.9. The SMILES string of the molecule is N#CC1CN(S(=O)(=O)N2CCC[C@H](C(=O)N3CCOC[C@@H]3C(=O)NCc3ccc(C(F)F)cc3)C2)C1. The number of alkyl halides is 2. The van der Waals surface area contributed by atoms with Crippen LogP contribution in [0.2, 0.25) is 0 Å². The zero-order chi connectivity index (χ0) is 25.9. The highest BCUT2D eigenvalue weighted by molar-refractivity contribution is 7.86. The molecule has 3 heterocycles. The Hall–Kier alpha value is -2.66. The van der Waals surface area contributed by atoms with Gasteiger partial charge in [-0.1, -0.05) is 24.3 Å². The van der Waals surface area contributed by atoms with Crippen molar-refractivity contribution in [2.45, 2.75) is 31.9 Å². The predicted molar refractivity (Wildman–Crippen MR) is 123 cm³/mol. The minimum absolute atomic E-state index is 0.0138. The molecule has 0 aromatic heterocycles. The van der Waals surface area contributed by atoms with Gasteiger partial charge in [-0.25, -0.2) is 8.78 Å². The van der Waals surface area contributed by atoms with Gasteiger partial charge in [0.05, 0.1) is 31.1 Å². The number of carbonyl (C=O) groups is 2. The van der Waals surface area contributed by atoms with Crippen molar-refractivity contribution < 1.29 is 31.5 Å². The van der Waals surface area contributed by atoms with Gasteiger partial charge in [-0.05, 0) is 18.4 Å². The molecule has 13 heteroatoms. The van der Waals surface area contributed by atoms with Gasteiger partial charge in [0.1, 0.15) is 6.04 Å². The molecular formula is C23H29F2N5O5S. The molecule has 0 saturated carbocycles. The summed E-state index contributed by atoms with van der Waals surface area (Å²) in [6.07, 6.45) is -1.55. The van der Waals surface area contributed by atoms with Gasteiger partial charge in [-0.15, -0.1) is 0 Å². The molecule has 10 nitrogen and oxygen atoms in total. The minimum Gasteiger partial charge on any atom is -0.377 e. The van der Waals surface area contributed by atoms with Crippen LogP contribution in [0.1, 0.15) is 30.4 Å². The number of carbonyl (C=O) groups excluding carboxylic acids is 2. The van der Waals surface area contributed by atoms with Crippen LogP contribution in [0.25, 0.3) is 0 Å². The number of rotatable bonds is 7. The van der Waals surface area contributed by atoms with Gasteiger partial charge in [-0.3, -0.25) is 9.59 Å². The van der Waals surface area contributed by atoms with Gasteiger partial charge < -0.3 is 15.0 Å². The minimum atomic E-state index is -3.75. The normalized spacial score (nSPS) is 24.2. The summed E-state index contributed by atoms with van der Waals surface area (Å²) in [5.74, 6) is -1.61. The maximum atomic E-state index is 13.4. The number of piperidine rings is 1. The Kier molecular flexibility index (Phi) is 8.19. The van der Waals surface area contributed by atoms with E-state index in [2.05, 4.69) is 11.4 Å². The van der Waals surface area contributed by atoms with Crippen LogP contribution in [-0.4, -0.2) is 85.7 Å². The van der Waals surface area contributed by atoms with E-state index in [1.165, 1.54) is 37.8 Å². The molecule has 0 bridgehead atoms. The number of nitrogens with zero attached hydrogens (tertiary/aromatic N) is 4. The molecule has 196 valence electrons. The third-order valence-electron chi connectivity index (χ3n) is 6.83. The van der Waals surface area contributed by atoms with Gasteiger partial charge in [-0.2, -0.15) is 22.3 Å². The van der Waals surface area contributed by atoms with Crippen molar-refractivity contribution in [1.82, 2.24) is 18.8 Å². The first-order chi connectivity index (χ1) is 17.2. The molecular weight excluding hydrogens is 496 g/mol. The Morgan fingerprint density at radius 3 is 2.53 bits per heavy atom. The van der Waals surface area contributed by atoms with Crippen molar-refractivity contribution in [3.63, 3.8) is 0 Å². The van der Waals surface area contributed by atoms with E-state index in [4.69, 9.17) is 10.00 Å². The van der Waals surface area contributed by atoms with E-state index in [1.54, 1.807) is 0 Å². The lowest BCUT2D eigenvalue weighted by molar-refractivity contribution is -0.152. The second-order valence-corrected chi connectivity index (χ2v) is 11.2. The summed E-state index contributed by atoms with van der Waals surface area (Å²) in [6.45, 7) is 1.24. The summed E-state index contributed by atoms with van der Waals surface area (Å²) in [5.41, 5.74) is 0.533. The highest BCUT2D eigenvalue weighted by Gasteiger charge is 2.43. The second-order valence-electron chi connectivity index (χ2n) is 9.23. The second kappa shape index (κ2) is 11.2. The topological polar surface area (TPSA) is 123 Å². The number of morpholine rings is 1. The number of ether oxygens (including phenoxy) is 1. The molecule has 0 spiro atoms. The molecule has 3 aliphatic heterocycles.